The minimum Gasteiger partial charge on any atom is -0.391 e. The maximum Gasteiger partial charge on any atom is 0.472 e. The molecule has 0 saturated heterocycles. The van der Waals surface area contributed by atoms with Gasteiger partial charge in [-0.3, -0.25) is 13.8 Å². The molecular formula is C64H132N2O6P+. The summed E-state index contributed by atoms with van der Waals surface area (Å²) in [4.78, 5) is 23.4. The van der Waals surface area contributed by atoms with Crippen molar-refractivity contribution in [2.24, 2.45) is 0 Å². The number of aliphatic hydroxyl groups excluding tert-OH is 1. The lowest BCUT2D eigenvalue weighted by molar-refractivity contribution is -0.870. The second kappa shape index (κ2) is 56.2. The number of rotatable bonds is 62. The number of nitrogens with one attached hydrogen (secondary N) is 1. The van der Waals surface area contributed by atoms with Gasteiger partial charge in [0, 0.05) is 6.42 Å². The predicted octanol–water partition coefficient (Wildman–Crippen LogP) is 20.4. The van der Waals surface area contributed by atoms with Gasteiger partial charge in [-0.15, -0.1) is 0 Å². The van der Waals surface area contributed by atoms with Crippen molar-refractivity contribution >= 4 is 13.7 Å². The van der Waals surface area contributed by atoms with Gasteiger partial charge in [0.1, 0.15) is 13.2 Å². The van der Waals surface area contributed by atoms with E-state index in [9.17, 15) is 19.4 Å². The van der Waals surface area contributed by atoms with Gasteiger partial charge < -0.3 is 19.8 Å². The third-order valence-electron chi connectivity index (χ3n) is 15.6. The molecule has 0 radical (unpaired) electrons. The number of amides is 1. The lowest BCUT2D eigenvalue weighted by Gasteiger charge is -2.26. The van der Waals surface area contributed by atoms with Crippen LogP contribution in [0.3, 0.4) is 0 Å². The fraction of sp³-hybridized carbons (Fsp3) is 0.984. The number of hydrogen-bond acceptors (Lipinski definition) is 5. The first-order valence-electron chi connectivity index (χ1n) is 32.9. The van der Waals surface area contributed by atoms with E-state index in [2.05, 4.69) is 19.2 Å². The van der Waals surface area contributed by atoms with E-state index in [0.29, 0.717) is 23.9 Å². The molecular weight excluding hydrogens is 924 g/mol. The van der Waals surface area contributed by atoms with Crippen LogP contribution >= 0.6 is 7.82 Å². The molecule has 3 unspecified atom stereocenters. The molecule has 0 heterocycles. The van der Waals surface area contributed by atoms with Crippen LogP contribution in [0.15, 0.2) is 0 Å². The highest BCUT2D eigenvalue weighted by molar-refractivity contribution is 7.47. The Morgan fingerprint density at radius 2 is 0.658 bits per heavy atom. The Morgan fingerprint density at radius 1 is 0.411 bits per heavy atom. The number of likely N-dealkylation sites (N-methyl/N-ethyl adjacent to an activating group) is 1. The third-order valence-corrected chi connectivity index (χ3v) is 16.6. The maximum absolute atomic E-state index is 13.0. The number of carbonyl (C=O) groups excluding carboxylic acids is 1. The van der Waals surface area contributed by atoms with E-state index in [1.807, 2.05) is 21.1 Å². The van der Waals surface area contributed by atoms with Gasteiger partial charge in [-0.1, -0.05) is 335 Å². The molecule has 0 aliphatic heterocycles. The second-order valence-corrected chi connectivity index (χ2v) is 25.7. The summed E-state index contributed by atoms with van der Waals surface area (Å²) in [6.07, 6.45) is 69.1. The minimum atomic E-state index is -4.32. The summed E-state index contributed by atoms with van der Waals surface area (Å²) < 4.78 is 23.9. The minimum absolute atomic E-state index is 0.0793. The molecule has 73 heavy (non-hydrogen) atoms. The lowest BCUT2D eigenvalue weighted by Crippen LogP contribution is -2.46. The van der Waals surface area contributed by atoms with Crippen LogP contribution in [0, 0.1) is 0 Å². The van der Waals surface area contributed by atoms with Crippen LogP contribution in [0.2, 0.25) is 0 Å². The van der Waals surface area contributed by atoms with Crippen molar-refractivity contribution in [2.45, 2.75) is 366 Å². The molecule has 0 rings (SSSR count). The van der Waals surface area contributed by atoms with Gasteiger partial charge in [-0.25, -0.2) is 4.57 Å². The molecule has 0 spiro atoms. The van der Waals surface area contributed by atoms with Crippen molar-refractivity contribution in [2.75, 3.05) is 40.9 Å². The van der Waals surface area contributed by atoms with Crippen molar-refractivity contribution in [3.63, 3.8) is 0 Å². The summed E-state index contributed by atoms with van der Waals surface area (Å²) in [6, 6.07) is -0.756. The van der Waals surface area contributed by atoms with E-state index in [1.54, 1.807) is 0 Å². The second-order valence-electron chi connectivity index (χ2n) is 24.2. The lowest BCUT2D eigenvalue weighted by atomic mass is 10.0. The zero-order valence-corrected chi connectivity index (χ0v) is 51.1. The molecule has 3 atom stereocenters. The molecule has 1 amide bonds. The summed E-state index contributed by atoms with van der Waals surface area (Å²) >= 11 is 0. The Balaban J connectivity index is 3.98. The van der Waals surface area contributed by atoms with E-state index < -0.39 is 20.0 Å². The van der Waals surface area contributed by atoms with Crippen LogP contribution in [0.4, 0.5) is 0 Å². The Bertz CT molecular complexity index is 1150. The van der Waals surface area contributed by atoms with E-state index in [-0.39, 0.29) is 19.1 Å². The van der Waals surface area contributed by atoms with E-state index in [0.717, 1.165) is 38.5 Å². The Labute approximate surface area is 457 Å². The van der Waals surface area contributed by atoms with Crippen LogP contribution in [0.1, 0.15) is 354 Å². The molecule has 438 valence electrons. The quantitative estimate of drug-likeness (QED) is 0.0318. The van der Waals surface area contributed by atoms with Crippen LogP contribution in [0.25, 0.3) is 0 Å². The Hall–Kier alpha value is -0.500. The van der Waals surface area contributed by atoms with Crippen LogP contribution in [0.5, 0.6) is 0 Å². The zero-order valence-electron chi connectivity index (χ0n) is 50.2. The molecule has 0 fully saturated rings. The number of nitrogens with zero attached hydrogens (tertiary/aromatic N) is 1. The number of unbranched alkanes of at least 4 members (excludes halogenated alkanes) is 49. The van der Waals surface area contributed by atoms with E-state index >= 15 is 0 Å². The molecule has 0 aliphatic carbocycles. The molecule has 3 N–H and O–H groups in total. The average molecular weight is 1060 g/mol. The summed E-state index contributed by atoms with van der Waals surface area (Å²) in [7, 11) is 1.64. The first kappa shape index (κ1) is 72.5. The normalized spacial score (nSPS) is 13.7. The molecule has 9 heteroatoms. The standard InChI is InChI=1S/C64H131N2O6P/c1-6-8-10-12-14-16-18-20-22-24-26-27-28-29-30-31-32-33-34-35-36-37-38-40-41-43-45-47-49-51-53-55-57-63(67)62(61-72-73(69,70)71-60-59-66(3,4)5)65-64(68)58-56-54-52-50-48-46-44-42-39-25-23-21-19-17-15-13-11-9-7-2/h62-63,67H,6-61H2,1-5H3,(H-,65,68,69,70)/p+1. The van der Waals surface area contributed by atoms with Gasteiger partial charge in [0.15, 0.2) is 0 Å². The van der Waals surface area contributed by atoms with Gasteiger partial charge in [-0.2, -0.15) is 0 Å². The number of hydrogen-bond donors (Lipinski definition) is 3. The molecule has 8 nitrogen and oxygen atoms in total. The topological polar surface area (TPSA) is 105 Å². The number of aliphatic hydroxyl groups is 1. The fourth-order valence-electron chi connectivity index (χ4n) is 10.5. The predicted molar refractivity (Wildman–Crippen MR) is 319 cm³/mol. The summed E-state index contributed by atoms with van der Waals surface area (Å²) in [5.74, 6) is -0.135. The highest BCUT2D eigenvalue weighted by Crippen LogP contribution is 2.43. The van der Waals surface area contributed by atoms with Crippen LogP contribution in [-0.2, 0) is 18.4 Å². The summed E-state index contributed by atoms with van der Waals surface area (Å²) in [6.45, 7) is 4.96. The van der Waals surface area contributed by atoms with Crippen LogP contribution < -0.4 is 5.32 Å². The molecule has 0 bridgehead atoms. The average Bonchev–Trinajstić information content (AvgIpc) is 3.35. The van der Waals surface area contributed by atoms with Gasteiger partial charge in [0.25, 0.3) is 0 Å². The highest BCUT2D eigenvalue weighted by atomic mass is 31.2. The Morgan fingerprint density at radius 3 is 0.918 bits per heavy atom. The summed E-state index contributed by atoms with van der Waals surface area (Å²) in [5, 5.41) is 14.1. The van der Waals surface area contributed by atoms with Crippen molar-refractivity contribution in [3.8, 4) is 0 Å². The Kier molecular flexibility index (Phi) is 55.8. The highest BCUT2D eigenvalue weighted by Gasteiger charge is 2.28. The van der Waals surface area contributed by atoms with Gasteiger partial charge in [0.2, 0.25) is 5.91 Å². The number of phosphoric ester groups is 1. The SMILES string of the molecule is CCCCCCCCCCCCCCCCCCCCCCCCCCCCCCCCCCC(O)C(COP(=O)(O)OCC[N+](C)(C)C)NC(=O)CCCCCCCCCCCCCCCCCCCCC. The van der Waals surface area contributed by atoms with Gasteiger partial charge in [0.05, 0.1) is 39.9 Å². The smallest absolute Gasteiger partial charge is 0.391 e. The fourth-order valence-corrected chi connectivity index (χ4v) is 11.2. The monoisotopic (exact) mass is 1060 g/mol. The molecule has 0 aliphatic rings. The molecule has 0 saturated carbocycles. The third kappa shape index (κ3) is 59.0. The van der Waals surface area contributed by atoms with Crippen LogP contribution in [-0.4, -0.2) is 73.4 Å². The van der Waals surface area contributed by atoms with E-state index in [1.165, 1.54) is 289 Å². The first-order valence-corrected chi connectivity index (χ1v) is 34.4. The summed E-state index contributed by atoms with van der Waals surface area (Å²) in [5.41, 5.74) is 0. The number of phosphoric acid groups is 1. The van der Waals surface area contributed by atoms with Crippen molar-refractivity contribution in [1.29, 1.82) is 0 Å². The molecule has 0 aromatic heterocycles. The number of carbonyl (C=O) groups is 1. The maximum atomic E-state index is 13.0. The molecule has 0 aromatic rings. The largest absolute Gasteiger partial charge is 0.472 e. The van der Waals surface area contributed by atoms with E-state index in [4.69, 9.17) is 9.05 Å². The van der Waals surface area contributed by atoms with Gasteiger partial charge in [-0.05, 0) is 12.8 Å². The van der Waals surface area contributed by atoms with Crippen molar-refractivity contribution < 1.29 is 32.9 Å². The van der Waals surface area contributed by atoms with Crippen molar-refractivity contribution in [1.82, 2.24) is 5.32 Å². The molecule has 0 aromatic carbocycles. The first-order chi connectivity index (χ1) is 35.5. The zero-order chi connectivity index (χ0) is 53.5. The number of quaternary nitrogens is 1. The van der Waals surface area contributed by atoms with Gasteiger partial charge >= 0.3 is 7.82 Å². The van der Waals surface area contributed by atoms with Crippen molar-refractivity contribution in [3.05, 3.63) is 0 Å².